The highest BCUT2D eigenvalue weighted by Crippen LogP contribution is 2.42. The van der Waals surface area contributed by atoms with Crippen LogP contribution in [0.4, 0.5) is 0 Å². The Hall–Kier alpha value is -1.31. The van der Waals surface area contributed by atoms with Gasteiger partial charge in [-0.2, -0.15) is 0 Å². The van der Waals surface area contributed by atoms with Crippen molar-refractivity contribution in [3.05, 3.63) is 29.8 Å². The number of rotatable bonds is 7. The van der Waals surface area contributed by atoms with Gasteiger partial charge in [0.2, 0.25) is 0 Å². The molecule has 2 aliphatic carbocycles. The quantitative estimate of drug-likeness (QED) is 0.383. The fourth-order valence-corrected chi connectivity index (χ4v) is 5.57. The molecule has 1 aromatic carbocycles. The summed E-state index contributed by atoms with van der Waals surface area (Å²) < 4.78 is 5.11. The van der Waals surface area contributed by atoms with Gasteiger partial charge in [-0.15, -0.1) is 0 Å². The summed E-state index contributed by atoms with van der Waals surface area (Å²) in [5, 5.41) is 0. The SMILES string of the molecule is CCC[C@H]1CC[C@H]([C@H]2CC[C@H](CCc3ccc(OC(C)=O)cc3)CC2)CC1. The number of carbonyl (C=O) groups is 1. The summed E-state index contributed by atoms with van der Waals surface area (Å²) in [7, 11) is 0. The van der Waals surface area contributed by atoms with Crippen molar-refractivity contribution in [3.8, 4) is 5.75 Å². The molecule has 0 amide bonds. The van der Waals surface area contributed by atoms with Gasteiger partial charge in [0.25, 0.3) is 0 Å². The van der Waals surface area contributed by atoms with Gasteiger partial charge >= 0.3 is 5.97 Å². The highest BCUT2D eigenvalue weighted by Gasteiger charge is 2.30. The number of aryl methyl sites for hydroxylation is 1. The Morgan fingerprint density at radius 1 is 0.852 bits per heavy atom. The number of carbonyl (C=O) groups excluding carboxylic acids is 1. The van der Waals surface area contributed by atoms with Gasteiger partial charge < -0.3 is 4.74 Å². The fraction of sp³-hybridized carbons (Fsp3) is 0.720. The van der Waals surface area contributed by atoms with Crippen LogP contribution in [-0.2, 0) is 11.2 Å². The lowest BCUT2D eigenvalue weighted by Gasteiger charge is -2.38. The molecule has 0 heterocycles. The molecule has 0 radical (unpaired) electrons. The second kappa shape index (κ2) is 10.3. The summed E-state index contributed by atoms with van der Waals surface area (Å²) >= 11 is 0. The predicted molar refractivity (Wildman–Crippen MR) is 112 cm³/mol. The number of benzene rings is 1. The lowest BCUT2D eigenvalue weighted by molar-refractivity contribution is -0.131. The third-order valence-electron chi connectivity index (χ3n) is 7.17. The van der Waals surface area contributed by atoms with Crippen LogP contribution >= 0.6 is 0 Å². The van der Waals surface area contributed by atoms with Gasteiger partial charge in [0.1, 0.15) is 5.75 Å². The second-order valence-electron chi connectivity index (χ2n) is 9.13. The lowest BCUT2D eigenvalue weighted by atomic mass is 9.68. The average Bonchev–Trinajstić information content (AvgIpc) is 2.68. The van der Waals surface area contributed by atoms with Crippen LogP contribution in [0.3, 0.4) is 0 Å². The van der Waals surface area contributed by atoms with Crippen LogP contribution in [0.5, 0.6) is 5.75 Å². The zero-order chi connectivity index (χ0) is 19.1. The molecule has 0 aliphatic heterocycles. The summed E-state index contributed by atoms with van der Waals surface area (Å²) in [4.78, 5) is 11.0. The van der Waals surface area contributed by atoms with Crippen LogP contribution in [-0.4, -0.2) is 5.97 Å². The van der Waals surface area contributed by atoms with Crippen molar-refractivity contribution >= 4 is 5.97 Å². The molecule has 0 spiro atoms. The minimum absolute atomic E-state index is 0.252. The highest BCUT2D eigenvalue weighted by atomic mass is 16.5. The van der Waals surface area contributed by atoms with Crippen molar-refractivity contribution in [2.45, 2.75) is 90.9 Å². The highest BCUT2D eigenvalue weighted by molar-refractivity contribution is 5.69. The van der Waals surface area contributed by atoms with E-state index in [4.69, 9.17) is 4.74 Å². The normalized spacial score (nSPS) is 28.7. The van der Waals surface area contributed by atoms with Gasteiger partial charge in [0, 0.05) is 6.92 Å². The zero-order valence-corrected chi connectivity index (χ0v) is 17.4. The van der Waals surface area contributed by atoms with Crippen LogP contribution < -0.4 is 4.74 Å². The summed E-state index contributed by atoms with van der Waals surface area (Å²) in [6.07, 6.45) is 17.1. The van der Waals surface area contributed by atoms with E-state index in [1.807, 2.05) is 12.1 Å². The first kappa shape index (κ1) is 20.4. The Bertz CT molecular complexity index is 560. The molecule has 3 rings (SSSR count). The molecule has 2 nitrogen and oxygen atoms in total. The minimum Gasteiger partial charge on any atom is -0.427 e. The first-order valence-corrected chi connectivity index (χ1v) is 11.4. The molecular formula is C25H38O2. The molecule has 2 aliphatic rings. The van der Waals surface area contributed by atoms with Crippen molar-refractivity contribution in [1.29, 1.82) is 0 Å². The minimum atomic E-state index is -0.252. The maximum absolute atomic E-state index is 11.0. The summed E-state index contributed by atoms with van der Waals surface area (Å²) in [6.45, 7) is 3.78. The molecule has 0 atom stereocenters. The van der Waals surface area contributed by atoms with Crippen molar-refractivity contribution in [1.82, 2.24) is 0 Å². The molecule has 27 heavy (non-hydrogen) atoms. The van der Waals surface area contributed by atoms with Gasteiger partial charge in [0.15, 0.2) is 0 Å². The van der Waals surface area contributed by atoms with E-state index in [-0.39, 0.29) is 5.97 Å². The lowest BCUT2D eigenvalue weighted by Crippen LogP contribution is -2.26. The van der Waals surface area contributed by atoms with E-state index in [9.17, 15) is 4.79 Å². The fourth-order valence-electron chi connectivity index (χ4n) is 5.57. The standard InChI is InChI=1S/C25H38O2/c1-3-4-20-7-13-23(14-8-20)24-15-9-21(10-16-24)5-6-22-11-17-25(18-12-22)27-19(2)26/h11-12,17-18,20-21,23-24H,3-10,13-16H2,1-2H3/t20-,21-,23-,24-. The van der Waals surface area contributed by atoms with Crippen LogP contribution in [0.25, 0.3) is 0 Å². The molecule has 0 aromatic heterocycles. The van der Waals surface area contributed by atoms with Gasteiger partial charge in [-0.3, -0.25) is 4.79 Å². The predicted octanol–water partition coefficient (Wildman–Crippen LogP) is 6.96. The summed E-state index contributed by atoms with van der Waals surface area (Å²) in [5.41, 5.74) is 1.36. The van der Waals surface area contributed by atoms with E-state index in [1.54, 1.807) is 0 Å². The molecule has 0 unspecified atom stereocenters. The number of hydrogen-bond donors (Lipinski definition) is 0. The summed E-state index contributed by atoms with van der Waals surface area (Å²) in [6, 6.07) is 8.06. The number of hydrogen-bond acceptors (Lipinski definition) is 2. The van der Waals surface area contributed by atoms with E-state index in [1.165, 1.54) is 83.1 Å². The smallest absolute Gasteiger partial charge is 0.308 e. The molecule has 150 valence electrons. The molecule has 1 aromatic rings. The molecular weight excluding hydrogens is 332 g/mol. The Balaban J connectivity index is 1.35. The Kier molecular flexibility index (Phi) is 7.79. The number of esters is 1. The molecule has 2 saturated carbocycles. The monoisotopic (exact) mass is 370 g/mol. The maximum Gasteiger partial charge on any atom is 0.308 e. The Labute approximate surface area is 166 Å². The molecule has 0 saturated heterocycles. The van der Waals surface area contributed by atoms with Crippen LogP contribution in [0, 0.1) is 23.7 Å². The van der Waals surface area contributed by atoms with E-state index in [0.29, 0.717) is 5.75 Å². The molecule has 0 bridgehead atoms. The third-order valence-corrected chi connectivity index (χ3v) is 7.17. The third kappa shape index (κ3) is 6.36. The van der Waals surface area contributed by atoms with Crippen molar-refractivity contribution in [3.63, 3.8) is 0 Å². The Morgan fingerprint density at radius 2 is 1.37 bits per heavy atom. The largest absolute Gasteiger partial charge is 0.427 e. The van der Waals surface area contributed by atoms with Gasteiger partial charge in [-0.1, -0.05) is 57.6 Å². The van der Waals surface area contributed by atoms with Crippen LogP contribution in [0.15, 0.2) is 24.3 Å². The van der Waals surface area contributed by atoms with E-state index >= 15 is 0 Å². The first-order valence-electron chi connectivity index (χ1n) is 11.4. The van der Waals surface area contributed by atoms with Crippen molar-refractivity contribution in [2.24, 2.45) is 23.7 Å². The van der Waals surface area contributed by atoms with Gasteiger partial charge in [-0.25, -0.2) is 0 Å². The number of ether oxygens (including phenoxy) is 1. The molecule has 2 fully saturated rings. The summed E-state index contributed by atoms with van der Waals surface area (Å²) in [5.74, 6) is 4.40. The zero-order valence-electron chi connectivity index (χ0n) is 17.4. The first-order chi connectivity index (χ1) is 13.1. The molecule has 0 N–H and O–H groups in total. The molecule has 2 heteroatoms. The van der Waals surface area contributed by atoms with Crippen molar-refractivity contribution in [2.75, 3.05) is 0 Å². The van der Waals surface area contributed by atoms with Crippen molar-refractivity contribution < 1.29 is 9.53 Å². The maximum atomic E-state index is 11.0. The van der Waals surface area contributed by atoms with Gasteiger partial charge in [0.05, 0.1) is 0 Å². The van der Waals surface area contributed by atoms with E-state index in [2.05, 4.69) is 19.1 Å². The van der Waals surface area contributed by atoms with Crippen LogP contribution in [0.1, 0.15) is 90.0 Å². The topological polar surface area (TPSA) is 26.3 Å². The van der Waals surface area contributed by atoms with Gasteiger partial charge in [-0.05, 0) is 79.9 Å². The second-order valence-corrected chi connectivity index (χ2v) is 9.13. The van der Waals surface area contributed by atoms with E-state index in [0.717, 1.165) is 30.1 Å². The van der Waals surface area contributed by atoms with Crippen LogP contribution in [0.2, 0.25) is 0 Å². The average molecular weight is 371 g/mol. The van der Waals surface area contributed by atoms with E-state index < -0.39 is 0 Å². The Morgan fingerprint density at radius 3 is 1.85 bits per heavy atom.